The maximum Gasteiger partial charge on any atom is 0.250 e. The highest BCUT2D eigenvalue weighted by Gasteiger charge is 2.44. The van der Waals surface area contributed by atoms with Crippen molar-refractivity contribution in [3.63, 3.8) is 0 Å². The minimum Gasteiger partial charge on any atom is -0.350 e. The van der Waals surface area contributed by atoms with Crippen molar-refractivity contribution < 1.29 is 14.0 Å². The molecule has 0 saturated heterocycles. The summed E-state index contributed by atoms with van der Waals surface area (Å²) in [5, 5.41) is 2.81. The molecule has 2 aliphatic rings. The first-order valence-electron chi connectivity index (χ1n) is 7.27. The van der Waals surface area contributed by atoms with Gasteiger partial charge in [0.05, 0.1) is 6.42 Å². The van der Waals surface area contributed by atoms with Crippen molar-refractivity contribution in [2.75, 3.05) is 0 Å². The quantitative estimate of drug-likeness (QED) is 0.927. The van der Waals surface area contributed by atoms with E-state index in [1.165, 1.54) is 12.1 Å². The molecule has 1 atom stereocenters. The van der Waals surface area contributed by atoms with Gasteiger partial charge in [0, 0.05) is 12.7 Å². The Morgan fingerprint density at radius 2 is 2.09 bits per heavy atom. The largest absolute Gasteiger partial charge is 0.350 e. The Kier molecular flexibility index (Phi) is 3.82. The fourth-order valence-electron chi connectivity index (χ4n) is 2.65. The van der Waals surface area contributed by atoms with Gasteiger partial charge in [0.25, 0.3) is 5.91 Å². The summed E-state index contributed by atoms with van der Waals surface area (Å²) in [7, 11) is 0. The van der Waals surface area contributed by atoms with Crippen molar-refractivity contribution in [3.05, 3.63) is 60.1 Å². The predicted molar refractivity (Wildman–Crippen MR) is 83.8 cm³/mol. The Morgan fingerprint density at radius 3 is 2.83 bits per heavy atom. The number of fused-ring (bicyclic) bond motifs is 1. The Bertz CT molecular complexity index is 737. The van der Waals surface area contributed by atoms with Crippen molar-refractivity contribution in [2.24, 2.45) is 4.99 Å². The van der Waals surface area contributed by atoms with Crippen molar-refractivity contribution >= 4 is 17.6 Å². The number of carbonyl (C=O) groups excluding carboxylic acids is 2. The molecule has 1 aromatic carbocycles. The number of halogens is 1. The second kappa shape index (κ2) is 5.79. The minimum atomic E-state index is -1.03. The molecule has 0 aromatic heterocycles. The van der Waals surface area contributed by atoms with Crippen molar-refractivity contribution in [3.8, 4) is 0 Å². The molecule has 2 heterocycles. The molecule has 0 aliphatic carbocycles. The molecule has 1 aromatic rings. The van der Waals surface area contributed by atoms with E-state index in [9.17, 15) is 14.0 Å². The normalized spacial score (nSPS) is 22.6. The van der Waals surface area contributed by atoms with E-state index in [1.807, 2.05) is 0 Å². The van der Waals surface area contributed by atoms with Gasteiger partial charge in [0.2, 0.25) is 5.91 Å². The first kappa shape index (κ1) is 15.1. The number of amides is 2. The fraction of sp³-hybridized carbons (Fsp3) is 0.235. The summed E-state index contributed by atoms with van der Waals surface area (Å²) >= 11 is 0. The highest BCUT2D eigenvalue weighted by Crippen LogP contribution is 2.28. The highest BCUT2D eigenvalue weighted by atomic mass is 19.1. The van der Waals surface area contributed by atoms with Gasteiger partial charge in [-0.2, -0.15) is 4.99 Å². The van der Waals surface area contributed by atoms with Gasteiger partial charge in [-0.3, -0.25) is 9.59 Å². The van der Waals surface area contributed by atoms with E-state index >= 15 is 0 Å². The monoisotopic (exact) mass is 313 g/mol. The molecule has 1 unspecified atom stereocenters. The molecule has 118 valence electrons. The van der Waals surface area contributed by atoms with E-state index < -0.39 is 5.54 Å². The third kappa shape index (κ3) is 2.92. The zero-order chi connectivity index (χ0) is 16.4. The number of nitrogens with zero attached hydrogens (tertiary/aromatic N) is 2. The van der Waals surface area contributed by atoms with Crippen LogP contribution >= 0.6 is 0 Å². The first-order chi connectivity index (χ1) is 11.0. The van der Waals surface area contributed by atoms with Gasteiger partial charge in [-0.15, -0.1) is 0 Å². The molecule has 0 bridgehead atoms. The number of hydrogen-bond acceptors (Lipinski definition) is 3. The zero-order valence-corrected chi connectivity index (χ0v) is 12.6. The van der Waals surface area contributed by atoms with Crippen LogP contribution in [0.3, 0.4) is 0 Å². The lowest BCUT2D eigenvalue weighted by Gasteiger charge is -2.41. The molecule has 1 N–H and O–H groups in total. The summed E-state index contributed by atoms with van der Waals surface area (Å²) in [6, 6.07) is 5.91. The average Bonchev–Trinajstić information content (AvgIpc) is 2.54. The van der Waals surface area contributed by atoms with Crippen molar-refractivity contribution in [1.29, 1.82) is 0 Å². The van der Waals surface area contributed by atoms with Gasteiger partial charge >= 0.3 is 0 Å². The van der Waals surface area contributed by atoms with Gasteiger partial charge < -0.3 is 10.2 Å². The van der Waals surface area contributed by atoms with Crippen molar-refractivity contribution in [1.82, 2.24) is 10.2 Å². The Labute approximate surface area is 133 Å². The van der Waals surface area contributed by atoms with E-state index in [4.69, 9.17) is 0 Å². The maximum atomic E-state index is 12.9. The van der Waals surface area contributed by atoms with E-state index in [0.29, 0.717) is 5.84 Å². The number of aliphatic imine (C=N–C) groups is 1. The Balaban J connectivity index is 1.76. The molecular weight excluding hydrogens is 297 g/mol. The molecule has 0 spiro atoms. The molecule has 2 amide bonds. The topological polar surface area (TPSA) is 61.8 Å². The molecule has 23 heavy (non-hydrogen) atoms. The summed E-state index contributed by atoms with van der Waals surface area (Å²) in [5.41, 5.74) is -0.247. The lowest BCUT2D eigenvalue weighted by atomic mass is 9.91. The van der Waals surface area contributed by atoms with Gasteiger partial charge in [0.15, 0.2) is 0 Å². The molecule has 0 fully saturated rings. The predicted octanol–water partition coefficient (Wildman–Crippen LogP) is 1.91. The van der Waals surface area contributed by atoms with Crippen LogP contribution in [0.4, 0.5) is 4.39 Å². The molecule has 3 rings (SSSR count). The second-order valence-electron chi connectivity index (χ2n) is 5.69. The number of rotatable bonds is 3. The van der Waals surface area contributed by atoms with Crippen LogP contribution in [-0.4, -0.2) is 28.1 Å². The third-order valence-electron chi connectivity index (χ3n) is 3.96. The molecular formula is C17H16FN3O2. The maximum absolute atomic E-state index is 12.9. The van der Waals surface area contributed by atoms with Crippen LogP contribution in [0.5, 0.6) is 0 Å². The number of nitrogens with one attached hydrogen (secondary N) is 1. The SMILES string of the molecule is CC1(C(=O)NCc2ccc(F)cc2)CC(=O)N=C2C=CC=CN21. The molecule has 6 heteroatoms. The zero-order valence-electron chi connectivity index (χ0n) is 12.6. The Hall–Kier alpha value is -2.76. The van der Waals surface area contributed by atoms with Crippen LogP contribution in [-0.2, 0) is 16.1 Å². The average molecular weight is 313 g/mol. The van der Waals surface area contributed by atoms with Gasteiger partial charge in [0.1, 0.15) is 17.2 Å². The number of allylic oxidation sites excluding steroid dienone is 2. The number of hydrogen-bond donors (Lipinski definition) is 1. The van der Waals surface area contributed by atoms with E-state index in [0.717, 1.165) is 5.56 Å². The van der Waals surface area contributed by atoms with E-state index in [-0.39, 0.29) is 30.6 Å². The summed E-state index contributed by atoms with van der Waals surface area (Å²) in [4.78, 5) is 30.2. The molecule has 5 nitrogen and oxygen atoms in total. The van der Waals surface area contributed by atoms with Crippen LogP contribution in [0.2, 0.25) is 0 Å². The van der Waals surface area contributed by atoms with Crippen LogP contribution in [0, 0.1) is 5.82 Å². The smallest absolute Gasteiger partial charge is 0.250 e. The first-order valence-corrected chi connectivity index (χ1v) is 7.27. The fourth-order valence-corrected chi connectivity index (χ4v) is 2.65. The lowest BCUT2D eigenvalue weighted by Crippen LogP contribution is -2.59. The lowest BCUT2D eigenvalue weighted by molar-refractivity contribution is -0.134. The van der Waals surface area contributed by atoms with Gasteiger partial charge in [-0.05, 0) is 36.8 Å². The highest BCUT2D eigenvalue weighted by molar-refractivity contribution is 6.09. The second-order valence-corrected chi connectivity index (χ2v) is 5.69. The minimum absolute atomic E-state index is 0.00390. The van der Waals surface area contributed by atoms with Gasteiger partial charge in [-0.25, -0.2) is 4.39 Å². The third-order valence-corrected chi connectivity index (χ3v) is 3.96. The molecule has 2 aliphatic heterocycles. The summed E-state index contributed by atoms with van der Waals surface area (Å²) < 4.78 is 12.9. The van der Waals surface area contributed by atoms with Crippen LogP contribution in [0.25, 0.3) is 0 Å². The van der Waals surface area contributed by atoms with Crippen LogP contribution in [0.15, 0.2) is 53.7 Å². The van der Waals surface area contributed by atoms with Crippen molar-refractivity contribution in [2.45, 2.75) is 25.4 Å². The standard InChI is InChI=1S/C17H16FN3O2/c1-17(10-15(22)20-14-4-2-3-9-21(14)17)16(23)19-11-12-5-7-13(18)8-6-12/h2-9H,10-11H2,1H3,(H,19,23). The number of benzene rings is 1. The van der Waals surface area contributed by atoms with Crippen LogP contribution in [0.1, 0.15) is 18.9 Å². The van der Waals surface area contributed by atoms with E-state index in [2.05, 4.69) is 10.3 Å². The van der Waals surface area contributed by atoms with E-state index in [1.54, 1.807) is 48.4 Å². The summed E-state index contributed by atoms with van der Waals surface area (Å²) in [6.07, 6.45) is 7.00. The molecule has 0 saturated carbocycles. The van der Waals surface area contributed by atoms with Gasteiger partial charge in [-0.1, -0.05) is 18.2 Å². The number of carbonyl (C=O) groups is 2. The van der Waals surface area contributed by atoms with Crippen LogP contribution < -0.4 is 5.32 Å². The Morgan fingerprint density at radius 1 is 1.35 bits per heavy atom. The summed E-state index contributed by atoms with van der Waals surface area (Å²) in [6.45, 7) is 1.98. The molecule has 0 radical (unpaired) electrons. The summed E-state index contributed by atoms with van der Waals surface area (Å²) in [5.74, 6) is -0.461. The number of amidine groups is 1.